The van der Waals surface area contributed by atoms with E-state index in [2.05, 4.69) is 20.8 Å². The van der Waals surface area contributed by atoms with Crippen molar-refractivity contribution in [1.82, 2.24) is 20.1 Å². The zero-order valence-corrected chi connectivity index (χ0v) is 21.0. The molecule has 35 heavy (non-hydrogen) atoms. The molecular formula is C25H29N5O4S. The monoisotopic (exact) mass is 495 g/mol. The summed E-state index contributed by atoms with van der Waals surface area (Å²) in [5.41, 5.74) is 2.47. The first-order valence-electron chi connectivity index (χ1n) is 11.2. The van der Waals surface area contributed by atoms with Gasteiger partial charge in [0.2, 0.25) is 5.91 Å². The first-order chi connectivity index (χ1) is 16.8. The third-order valence-electron chi connectivity index (χ3n) is 5.04. The van der Waals surface area contributed by atoms with E-state index in [-0.39, 0.29) is 23.6 Å². The predicted octanol–water partition coefficient (Wildman–Crippen LogP) is 3.91. The maximum Gasteiger partial charge on any atom is 0.338 e. The molecule has 0 fully saturated rings. The molecule has 0 aliphatic carbocycles. The Labute approximate surface area is 208 Å². The maximum atomic E-state index is 12.5. The van der Waals surface area contributed by atoms with Crippen LogP contribution in [0.2, 0.25) is 0 Å². The van der Waals surface area contributed by atoms with Gasteiger partial charge in [0.1, 0.15) is 0 Å². The van der Waals surface area contributed by atoms with Gasteiger partial charge in [-0.3, -0.25) is 9.59 Å². The van der Waals surface area contributed by atoms with E-state index in [9.17, 15) is 14.4 Å². The van der Waals surface area contributed by atoms with Crippen LogP contribution in [0.1, 0.15) is 58.4 Å². The lowest BCUT2D eigenvalue weighted by Crippen LogP contribution is -2.28. The molecule has 184 valence electrons. The minimum Gasteiger partial charge on any atom is -0.462 e. The second-order valence-electron chi connectivity index (χ2n) is 8.02. The molecular weight excluding hydrogens is 466 g/mol. The summed E-state index contributed by atoms with van der Waals surface area (Å²) in [4.78, 5) is 37.0. The van der Waals surface area contributed by atoms with E-state index in [4.69, 9.17) is 4.74 Å². The molecule has 1 aromatic heterocycles. The SMILES string of the molecule is CCCOC(=O)c1cccc(NC(=O)CSc2nnc([C@H](C)NC(=O)c3cccc(C)c3)n2C)c1. The van der Waals surface area contributed by atoms with Crippen LogP contribution >= 0.6 is 11.8 Å². The largest absolute Gasteiger partial charge is 0.462 e. The summed E-state index contributed by atoms with van der Waals surface area (Å²) in [5.74, 6) is -0.196. The average Bonchev–Trinajstić information content (AvgIpc) is 3.21. The predicted molar refractivity (Wildman–Crippen MR) is 134 cm³/mol. The van der Waals surface area contributed by atoms with Crippen LogP contribution in [0.5, 0.6) is 0 Å². The summed E-state index contributed by atoms with van der Waals surface area (Å²) < 4.78 is 6.89. The smallest absolute Gasteiger partial charge is 0.338 e. The normalized spacial score (nSPS) is 11.5. The van der Waals surface area contributed by atoms with Gasteiger partial charge in [-0.2, -0.15) is 0 Å². The van der Waals surface area contributed by atoms with Crippen molar-refractivity contribution in [3.05, 3.63) is 71.0 Å². The number of anilines is 1. The topological polar surface area (TPSA) is 115 Å². The molecule has 3 aromatic rings. The van der Waals surface area contributed by atoms with Crippen molar-refractivity contribution in [3.63, 3.8) is 0 Å². The van der Waals surface area contributed by atoms with E-state index in [0.717, 1.165) is 12.0 Å². The third kappa shape index (κ3) is 7.16. The zero-order chi connectivity index (χ0) is 25.4. The minimum absolute atomic E-state index is 0.0977. The molecule has 0 unspecified atom stereocenters. The number of nitrogens with one attached hydrogen (secondary N) is 2. The number of thioether (sulfide) groups is 1. The number of carbonyl (C=O) groups excluding carboxylic acids is 3. The van der Waals surface area contributed by atoms with Gasteiger partial charge in [-0.25, -0.2) is 4.79 Å². The molecule has 0 radical (unpaired) electrons. The van der Waals surface area contributed by atoms with Gasteiger partial charge in [0.15, 0.2) is 11.0 Å². The molecule has 2 amide bonds. The van der Waals surface area contributed by atoms with Crippen LogP contribution in [0, 0.1) is 6.92 Å². The molecule has 3 rings (SSSR count). The Morgan fingerprint density at radius 3 is 2.57 bits per heavy atom. The fraction of sp³-hybridized carbons (Fsp3) is 0.320. The summed E-state index contributed by atoms with van der Waals surface area (Å²) in [6, 6.07) is 13.6. The Hall–Kier alpha value is -3.66. The number of carbonyl (C=O) groups is 3. The van der Waals surface area contributed by atoms with E-state index in [1.165, 1.54) is 11.8 Å². The Bertz CT molecular complexity index is 1210. The molecule has 0 saturated carbocycles. The molecule has 2 N–H and O–H groups in total. The quantitative estimate of drug-likeness (QED) is 0.324. The van der Waals surface area contributed by atoms with Crippen molar-refractivity contribution in [2.75, 3.05) is 17.7 Å². The van der Waals surface area contributed by atoms with Crippen molar-refractivity contribution in [2.45, 2.75) is 38.4 Å². The lowest BCUT2D eigenvalue weighted by Gasteiger charge is -2.14. The van der Waals surface area contributed by atoms with Crippen molar-refractivity contribution in [3.8, 4) is 0 Å². The Morgan fingerprint density at radius 2 is 1.83 bits per heavy atom. The molecule has 2 aromatic carbocycles. The number of amides is 2. The van der Waals surface area contributed by atoms with Crippen LogP contribution in [-0.4, -0.2) is 44.9 Å². The van der Waals surface area contributed by atoms with Crippen LogP contribution in [0.25, 0.3) is 0 Å². The number of esters is 1. The van der Waals surface area contributed by atoms with Crippen LogP contribution in [-0.2, 0) is 16.6 Å². The van der Waals surface area contributed by atoms with E-state index >= 15 is 0 Å². The fourth-order valence-electron chi connectivity index (χ4n) is 3.29. The van der Waals surface area contributed by atoms with Gasteiger partial charge in [0.25, 0.3) is 5.91 Å². The zero-order valence-electron chi connectivity index (χ0n) is 20.2. The van der Waals surface area contributed by atoms with Crippen molar-refractivity contribution < 1.29 is 19.1 Å². The van der Waals surface area contributed by atoms with Crippen molar-refractivity contribution in [1.29, 1.82) is 0 Å². The Balaban J connectivity index is 1.55. The first-order valence-corrected chi connectivity index (χ1v) is 12.2. The Morgan fingerprint density at radius 1 is 1.09 bits per heavy atom. The van der Waals surface area contributed by atoms with Gasteiger partial charge in [0.05, 0.1) is 24.0 Å². The number of hydrogen-bond acceptors (Lipinski definition) is 7. The summed E-state index contributed by atoms with van der Waals surface area (Å²) in [6.45, 7) is 6.03. The minimum atomic E-state index is -0.424. The molecule has 10 heteroatoms. The van der Waals surface area contributed by atoms with Crippen LogP contribution < -0.4 is 10.6 Å². The number of ether oxygens (including phenoxy) is 1. The highest BCUT2D eigenvalue weighted by Crippen LogP contribution is 2.20. The standard InChI is InChI=1S/C25H29N5O4S/c1-5-12-34-24(33)19-10-7-11-20(14-19)27-21(31)15-35-25-29-28-22(30(25)4)17(3)26-23(32)18-9-6-8-16(2)13-18/h6-11,13-14,17H,5,12,15H2,1-4H3,(H,26,32)(H,27,31)/t17-/m0/s1. The van der Waals surface area contributed by atoms with E-state index in [1.807, 2.05) is 39.0 Å². The molecule has 0 bridgehead atoms. The molecule has 0 aliphatic rings. The number of hydrogen-bond donors (Lipinski definition) is 2. The summed E-state index contributed by atoms with van der Waals surface area (Å²) in [6.07, 6.45) is 0.737. The van der Waals surface area contributed by atoms with Gasteiger partial charge in [-0.1, -0.05) is 42.4 Å². The number of benzene rings is 2. The first kappa shape index (κ1) is 26.0. The van der Waals surface area contributed by atoms with Gasteiger partial charge < -0.3 is 19.9 Å². The third-order valence-corrected chi connectivity index (χ3v) is 6.06. The highest BCUT2D eigenvalue weighted by Gasteiger charge is 2.19. The van der Waals surface area contributed by atoms with Gasteiger partial charge in [0, 0.05) is 18.3 Å². The fourth-order valence-corrected chi connectivity index (χ4v) is 4.01. The maximum absolute atomic E-state index is 12.5. The highest BCUT2D eigenvalue weighted by atomic mass is 32.2. The molecule has 0 saturated heterocycles. The number of nitrogens with zero attached hydrogens (tertiary/aromatic N) is 3. The average molecular weight is 496 g/mol. The van der Waals surface area contributed by atoms with Crippen LogP contribution in [0.4, 0.5) is 5.69 Å². The lowest BCUT2D eigenvalue weighted by atomic mass is 10.1. The number of aromatic nitrogens is 3. The lowest BCUT2D eigenvalue weighted by molar-refractivity contribution is -0.113. The Kier molecular flexibility index (Phi) is 9.02. The second-order valence-corrected chi connectivity index (χ2v) is 8.96. The molecule has 1 heterocycles. The van der Waals surface area contributed by atoms with Crippen LogP contribution in [0.15, 0.2) is 53.7 Å². The molecule has 9 nitrogen and oxygen atoms in total. The summed E-state index contributed by atoms with van der Waals surface area (Å²) in [7, 11) is 1.79. The summed E-state index contributed by atoms with van der Waals surface area (Å²) >= 11 is 1.22. The van der Waals surface area contributed by atoms with Crippen molar-refractivity contribution in [2.24, 2.45) is 7.05 Å². The number of rotatable bonds is 10. The molecule has 1 atom stereocenters. The van der Waals surface area contributed by atoms with Crippen molar-refractivity contribution >= 4 is 35.2 Å². The van der Waals surface area contributed by atoms with Gasteiger partial charge in [-0.05, 0) is 50.6 Å². The molecule has 0 spiro atoms. The van der Waals surface area contributed by atoms with Crippen LogP contribution in [0.3, 0.4) is 0 Å². The van der Waals surface area contributed by atoms with E-state index < -0.39 is 5.97 Å². The van der Waals surface area contributed by atoms with E-state index in [1.54, 1.807) is 41.9 Å². The highest BCUT2D eigenvalue weighted by molar-refractivity contribution is 7.99. The van der Waals surface area contributed by atoms with Gasteiger partial charge in [-0.15, -0.1) is 10.2 Å². The van der Waals surface area contributed by atoms with Gasteiger partial charge >= 0.3 is 5.97 Å². The number of aryl methyl sites for hydroxylation is 1. The van der Waals surface area contributed by atoms with E-state index in [0.29, 0.717) is 34.4 Å². The summed E-state index contributed by atoms with van der Waals surface area (Å²) in [5, 5.41) is 14.6. The molecule has 0 aliphatic heterocycles. The second kappa shape index (κ2) is 12.2.